The van der Waals surface area contributed by atoms with Crippen LogP contribution in [0, 0.1) is 10.1 Å². The SMILES string of the molecule is O=[N+]([O-])c1ccc(Cl)cc1NNc1ccccn1. The molecule has 6 nitrogen and oxygen atoms in total. The van der Waals surface area contributed by atoms with Gasteiger partial charge >= 0.3 is 0 Å². The molecule has 0 radical (unpaired) electrons. The van der Waals surface area contributed by atoms with Gasteiger partial charge in [0.05, 0.1) is 4.92 Å². The summed E-state index contributed by atoms with van der Waals surface area (Å²) in [4.78, 5) is 14.4. The third kappa shape index (κ3) is 2.86. The van der Waals surface area contributed by atoms with Crippen LogP contribution in [0.1, 0.15) is 0 Å². The number of aromatic nitrogens is 1. The molecule has 1 heterocycles. The van der Waals surface area contributed by atoms with E-state index in [4.69, 9.17) is 11.6 Å². The molecular formula is C11H9ClN4O2. The van der Waals surface area contributed by atoms with Crippen molar-refractivity contribution in [1.82, 2.24) is 4.98 Å². The van der Waals surface area contributed by atoms with Gasteiger partial charge in [-0.3, -0.25) is 21.0 Å². The molecule has 0 saturated heterocycles. The number of anilines is 2. The van der Waals surface area contributed by atoms with Crippen molar-refractivity contribution in [2.24, 2.45) is 0 Å². The number of pyridine rings is 1. The summed E-state index contributed by atoms with van der Waals surface area (Å²) in [5, 5.41) is 11.2. The predicted octanol–water partition coefficient (Wildman–Crippen LogP) is 3.08. The van der Waals surface area contributed by atoms with Gasteiger partial charge in [-0.15, -0.1) is 0 Å². The molecule has 18 heavy (non-hydrogen) atoms. The van der Waals surface area contributed by atoms with Gasteiger partial charge in [0, 0.05) is 17.3 Å². The highest BCUT2D eigenvalue weighted by atomic mass is 35.5. The van der Waals surface area contributed by atoms with Crippen LogP contribution in [0.2, 0.25) is 5.02 Å². The molecular weight excluding hydrogens is 256 g/mol. The summed E-state index contributed by atoms with van der Waals surface area (Å²) >= 11 is 5.80. The van der Waals surface area contributed by atoms with Crippen molar-refractivity contribution in [3.05, 3.63) is 57.7 Å². The lowest BCUT2D eigenvalue weighted by molar-refractivity contribution is -0.383. The lowest BCUT2D eigenvalue weighted by atomic mass is 10.3. The first-order chi connectivity index (χ1) is 8.66. The Morgan fingerprint density at radius 2 is 2.06 bits per heavy atom. The maximum Gasteiger partial charge on any atom is 0.294 e. The molecule has 0 aliphatic heterocycles. The van der Waals surface area contributed by atoms with Crippen molar-refractivity contribution >= 4 is 28.8 Å². The number of benzene rings is 1. The van der Waals surface area contributed by atoms with Crippen molar-refractivity contribution < 1.29 is 4.92 Å². The van der Waals surface area contributed by atoms with Gasteiger partial charge in [0.2, 0.25) is 0 Å². The highest BCUT2D eigenvalue weighted by Gasteiger charge is 2.13. The minimum absolute atomic E-state index is 0.0668. The van der Waals surface area contributed by atoms with Crippen LogP contribution in [-0.2, 0) is 0 Å². The first-order valence-electron chi connectivity index (χ1n) is 5.04. The highest BCUT2D eigenvalue weighted by molar-refractivity contribution is 6.31. The van der Waals surface area contributed by atoms with Gasteiger partial charge in [0.15, 0.2) is 0 Å². The van der Waals surface area contributed by atoms with Crippen LogP contribution in [0.3, 0.4) is 0 Å². The van der Waals surface area contributed by atoms with Gasteiger partial charge in [-0.05, 0) is 24.3 Å². The molecule has 0 spiro atoms. The number of hydrazine groups is 1. The third-order valence-corrected chi connectivity index (χ3v) is 2.38. The Bertz CT molecular complexity index is 562. The van der Waals surface area contributed by atoms with Gasteiger partial charge in [-0.25, -0.2) is 4.98 Å². The fourth-order valence-corrected chi connectivity index (χ4v) is 1.51. The van der Waals surface area contributed by atoms with Gasteiger partial charge < -0.3 is 0 Å². The number of nitrogens with zero attached hydrogens (tertiary/aromatic N) is 2. The van der Waals surface area contributed by atoms with Gasteiger partial charge in [0.25, 0.3) is 5.69 Å². The monoisotopic (exact) mass is 264 g/mol. The van der Waals surface area contributed by atoms with Crippen molar-refractivity contribution in [2.75, 3.05) is 10.9 Å². The fraction of sp³-hybridized carbons (Fsp3) is 0. The Morgan fingerprint density at radius 1 is 1.22 bits per heavy atom. The molecule has 0 fully saturated rings. The molecule has 1 aromatic heterocycles. The Labute approximate surface area is 108 Å². The lowest BCUT2D eigenvalue weighted by Crippen LogP contribution is -2.11. The van der Waals surface area contributed by atoms with Crippen molar-refractivity contribution in [2.45, 2.75) is 0 Å². The van der Waals surface area contributed by atoms with Crippen molar-refractivity contribution in [1.29, 1.82) is 0 Å². The molecule has 2 aromatic rings. The summed E-state index contributed by atoms with van der Waals surface area (Å²) in [6, 6.07) is 9.56. The van der Waals surface area contributed by atoms with Crippen LogP contribution in [0.25, 0.3) is 0 Å². The van der Waals surface area contributed by atoms with E-state index in [1.807, 2.05) is 0 Å². The standard InChI is InChI=1S/C11H9ClN4O2/c12-8-4-5-10(16(17)18)9(7-8)14-15-11-3-1-2-6-13-11/h1-7,14H,(H,13,15). The van der Waals surface area contributed by atoms with Gasteiger partial charge in [0.1, 0.15) is 11.5 Å². The topological polar surface area (TPSA) is 80.1 Å². The highest BCUT2D eigenvalue weighted by Crippen LogP contribution is 2.27. The average molecular weight is 265 g/mol. The zero-order chi connectivity index (χ0) is 13.0. The number of nitrogens with one attached hydrogen (secondary N) is 2. The molecule has 2 rings (SSSR count). The van der Waals surface area contributed by atoms with E-state index in [1.165, 1.54) is 18.2 Å². The second-order valence-electron chi connectivity index (χ2n) is 3.38. The Hall–Kier alpha value is -2.34. The van der Waals surface area contributed by atoms with E-state index < -0.39 is 4.92 Å². The molecule has 1 aromatic carbocycles. The second-order valence-corrected chi connectivity index (χ2v) is 3.82. The van der Waals surface area contributed by atoms with Gasteiger partial charge in [-0.2, -0.15) is 0 Å². The summed E-state index contributed by atoms with van der Waals surface area (Å²) in [5.74, 6) is 0.548. The Balaban J connectivity index is 2.18. The van der Waals surface area contributed by atoms with E-state index in [2.05, 4.69) is 15.8 Å². The number of halogens is 1. The van der Waals surface area contributed by atoms with Crippen molar-refractivity contribution in [3.8, 4) is 0 Å². The minimum Gasteiger partial charge on any atom is -0.293 e. The van der Waals surface area contributed by atoms with E-state index in [9.17, 15) is 10.1 Å². The average Bonchev–Trinajstić information content (AvgIpc) is 2.37. The minimum atomic E-state index is -0.487. The van der Waals surface area contributed by atoms with Crippen molar-refractivity contribution in [3.63, 3.8) is 0 Å². The summed E-state index contributed by atoms with van der Waals surface area (Å²) in [6.07, 6.45) is 1.61. The lowest BCUT2D eigenvalue weighted by Gasteiger charge is -2.09. The second kappa shape index (κ2) is 5.33. The molecule has 7 heteroatoms. The van der Waals surface area contributed by atoms with Crippen LogP contribution in [0.5, 0.6) is 0 Å². The molecule has 0 atom stereocenters. The largest absolute Gasteiger partial charge is 0.294 e. The maximum absolute atomic E-state index is 10.8. The van der Waals surface area contributed by atoms with Crippen LogP contribution in [-0.4, -0.2) is 9.91 Å². The third-order valence-electron chi connectivity index (χ3n) is 2.15. The fourth-order valence-electron chi connectivity index (χ4n) is 1.34. The Morgan fingerprint density at radius 3 is 2.72 bits per heavy atom. The Kier molecular flexibility index (Phi) is 3.59. The summed E-state index contributed by atoms with van der Waals surface area (Å²) in [6.45, 7) is 0. The molecule has 0 saturated carbocycles. The number of rotatable bonds is 4. The molecule has 0 bridgehead atoms. The molecule has 92 valence electrons. The first kappa shape index (κ1) is 12.1. The summed E-state index contributed by atoms with van der Waals surface area (Å²) in [5.41, 5.74) is 5.68. The maximum atomic E-state index is 10.8. The number of nitro benzene ring substituents is 1. The smallest absolute Gasteiger partial charge is 0.293 e. The van der Waals surface area contributed by atoms with E-state index in [0.29, 0.717) is 10.8 Å². The summed E-state index contributed by atoms with van der Waals surface area (Å²) in [7, 11) is 0. The number of hydrogen-bond acceptors (Lipinski definition) is 5. The number of hydrogen-bond donors (Lipinski definition) is 2. The molecule has 0 unspecified atom stereocenters. The molecule has 0 aliphatic rings. The zero-order valence-corrected chi connectivity index (χ0v) is 9.89. The molecule has 0 aliphatic carbocycles. The van der Waals surface area contributed by atoms with Crippen LogP contribution < -0.4 is 10.9 Å². The van der Waals surface area contributed by atoms with E-state index in [1.54, 1.807) is 24.4 Å². The normalized spacial score (nSPS) is 9.83. The van der Waals surface area contributed by atoms with E-state index >= 15 is 0 Å². The number of nitro groups is 1. The molecule has 2 N–H and O–H groups in total. The molecule has 0 amide bonds. The predicted molar refractivity (Wildman–Crippen MR) is 69.6 cm³/mol. The van der Waals surface area contributed by atoms with Crippen LogP contribution in [0.15, 0.2) is 42.6 Å². The first-order valence-corrected chi connectivity index (χ1v) is 5.41. The van der Waals surface area contributed by atoms with Gasteiger partial charge in [-0.1, -0.05) is 17.7 Å². The van der Waals surface area contributed by atoms with E-state index in [0.717, 1.165) is 0 Å². The van der Waals surface area contributed by atoms with E-state index in [-0.39, 0.29) is 11.4 Å². The van der Waals surface area contributed by atoms with Crippen LogP contribution in [0.4, 0.5) is 17.2 Å². The quantitative estimate of drug-likeness (QED) is 0.655. The zero-order valence-electron chi connectivity index (χ0n) is 9.13. The summed E-state index contributed by atoms with van der Waals surface area (Å²) < 4.78 is 0. The van der Waals surface area contributed by atoms with Crippen LogP contribution >= 0.6 is 11.6 Å².